The van der Waals surface area contributed by atoms with Crippen LogP contribution in [0, 0.1) is 0 Å². The Morgan fingerprint density at radius 2 is 1.81 bits per heavy atom. The summed E-state index contributed by atoms with van der Waals surface area (Å²) in [5.41, 5.74) is 11.5. The van der Waals surface area contributed by atoms with Crippen molar-refractivity contribution in [2.45, 2.75) is 0 Å². The minimum atomic E-state index is 0.852. The van der Waals surface area contributed by atoms with E-state index in [2.05, 4.69) is 73.7 Å². The maximum atomic E-state index is 6.15. The Kier molecular flexibility index (Phi) is 3.36. The molecule has 0 bridgehead atoms. The average Bonchev–Trinajstić information content (AvgIpc) is 3.62. The monoisotopic (exact) mass is 483 g/mol. The second-order valence-corrected chi connectivity index (χ2v) is 9.29. The van der Waals surface area contributed by atoms with Gasteiger partial charge in [0.15, 0.2) is 11.3 Å². The Morgan fingerprint density at radius 3 is 2.78 bits per heavy atom. The van der Waals surface area contributed by atoms with Crippen LogP contribution in [0.2, 0.25) is 0 Å². The number of H-pyrrole nitrogens is 1. The van der Waals surface area contributed by atoms with Crippen molar-refractivity contribution in [3.8, 4) is 28.3 Å². The number of benzene rings is 2. The summed E-state index contributed by atoms with van der Waals surface area (Å²) in [6.45, 7) is 0. The van der Waals surface area contributed by atoms with Gasteiger partial charge in [0.05, 0.1) is 17.1 Å². The first-order valence-corrected chi connectivity index (χ1v) is 12.0. The van der Waals surface area contributed by atoms with Gasteiger partial charge in [-0.15, -0.1) is 13.9 Å². The number of hydrogen-bond acceptors (Lipinski definition) is 3. The molecule has 0 saturated carbocycles. The van der Waals surface area contributed by atoms with Crippen molar-refractivity contribution >= 4 is 33.0 Å². The SMILES string of the molecule is c1ccc2c(c1)-c1nccn1N[n+]1ccc(-[n+]3cc4c5cccc6oc7ccc[n+]([nH]n4c3)c7c65)cc1-2. The number of imidazole rings is 2. The zero-order valence-corrected chi connectivity index (χ0v) is 19.4. The first-order chi connectivity index (χ1) is 18.3. The summed E-state index contributed by atoms with van der Waals surface area (Å²) in [5, 5.41) is 5.72. The van der Waals surface area contributed by atoms with E-state index < -0.39 is 0 Å². The number of pyridine rings is 2. The third-order valence-corrected chi connectivity index (χ3v) is 7.23. The lowest BCUT2D eigenvalue weighted by Gasteiger charge is -2.06. The van der Waals surface area contributed by atoms with E-state index in [1.165, 1.54) is 0 Å². The van der Waals surface area contributed by atoms with Gasteiger partial charge in [-0.3, -0.25) is 0 Å². The Morgan fingerprint density at radius 1 is 0.892 bits per heavy atom. The van der Waals surface area contributed by atoms with Crippen LogP contribution in [0.3, 0.4) is 0 Å². The number of furan rings is 1. The van der Waals surface area contributed by atoms with Crippen LogP contribution in [0.15, 0.2) is 108 Å². The van der Waals surface area contributed by atoms with Crippen LogP contribution in [0.1, 0.15) is 0 Å². The molecular formula is C28H19N8O+3. The number of nitrogens with zero attached hydrogens (tertiary/aromatic N) is 6. The minimum absolute atomic E-state index is 0.852. The van der Waals surface area contributed by atoms with Crippen molar-refractivity contribution in [1.82, 2.24) is 19.4 Å². The van der Waals surface area contributed by atoms with Crippen LogP contribution in [-0.4, -0.2) is 19.4 Å². The highest BCUT2D eigenvalue weighted by Crippen LogP contribution is 2.32. The lowest BCUT2D eigenvalue weighted by Crippen LogP contribution is -2.49. The summed E-state index contributed by atoms with van der Waals surface area (Å²) in [7, 11) is 0. The summed E-state index contributed by atoms with van der Waals surface area (Å²) < 4.78 is 16.3. The predicted octanol–water partition coefficient (Wildman–Crippen LogP) is 3.32. The molecule has 0 amide bonds. The lowest BCUT2D eigenvalue weighted by molar-refractivity contribution is -0.647. The fourth-order valence-electron chi connectivity index (χ4n) is 5.59. The van der Waals surface area contributed by atoms with Crippen molar-refractivity contribution in [3.05, 3.63) is 104 Å². The molecule has 1 aliphatic heterocycles. The molecule has 6 aromatic heterocycles. The van der Waals surface area contributed by atoms with Crippen LogP contribution in [0.25, 0.3) is 61.3 Å². The highest BCUT2D eigenvalue weighted by molar-refractivity contribution is 6.14. The average molecular weight is 484 g/mol. The van der Waals surface area contributed by atoms with Crippen molar-refractivity contribution < 1.29 is 18.2 Å². The highest BCUT2D eigenvalue weighted by atomic mass is 16.3. The first kappa shape index (κ1) is 18.8. The molecule has 9 heteroatoms. The molecular weight excluding hydrogens is 464 g/mol. The molecule has 174 valence electrons. The van der Waals surface area contributed by atoms with Gasteiger partial charge in [0.2, 0.25) is 11.0 Å². The number of aromatic nitrogens is 7. The fraction of sp³-hybridized carbons (Fsp3) is 0. The normalized spacial score (nSPS) is 12.5. The second kappa shape index (κ2) is 6.61. The molecule has 2 aromatic carbocycles. The molecule has 2 N–H and O–H groups in total. The largest absolute Gasteiger partial charge is 0.452 e. The van der Waals surface area contributed by atoms with Gasteiger partial charge in [-0.05, 0) is 36.4 Å². The van der Waals surface area contributed by atoms with E-state index in [0.717, 1.165) is 61.3 Å². The smallest absolute Gasteiger partial charge is 0.276 e. The summed E-state index contributed by atoms with van der Waals surface area (Å²) in [6.07, 6.45) is 12.0. The van der Waals surface area contributed by atoms with E-state index in [4.69, 9.17) is 4.42 Å². The van der Waals surface area contributed by atoms with Gasteiger partial charge >= 0.3 is 0 Å². The van der Waals surface area contributed by atoms with Crippen LogP contribution in [-0.2, 0) is 0 Å². The second-order valence-electron chi connectivity index (χ2n) is 9.29. The number of aromatic amines is 1. The molecule has 37 heavy (non-hydrogen) atoms. The molecule has 0 saturated heterocycles. The van der Waals surface area contributed by atoms with Crippen molar-refractivity contribution in [1.29, 1.82) is 0 Å². The van der Waals surface area contributed by atoms with E-state index in [1.54, 1.807) is 6.20 Å². The maximum Gasteiger partial charge on any atom is 0.276 e. The maximum absolute atomic E-state index is 6.15. The summed E-state index contributed by atoms with van der Waals surface area (Å²) in [4.78, 5) is 4.58. The Labute approximate surface area is 208 Å². The number of hydrogen-bond donors (Lipinski definition) is 2. The van der Waals surface area contributed by atoms with E-state index in [0.29, 0.717) is 0 Å². The summed E-state index contributed by atoms with van der Waals surface area (Å²) in [6, 6.07) is 22.8. The molecule has 8 aromatic rings. The lowest BCUT2D eigenvalue weighted by atomic mass is 10.0. The van der Waals surface area contributed by atoms with Crippen molar-refractivity contribution in [3.63, 3.8) is 0 Å². The fourth-order valence-corrected chi connectivity index (χ4v) is 5.59. The Balaban J connectivity index is 1.31. The zero-order chi connectivity index (χ0) is 24.1. The van der Waals surface area contributed by atoms with E-state index in [-0.39, 0.29) is 0 Å². The molecule has 0 radical (unpaired) electrons. The van der Waals surface area contributed by atoms with Gasteiger partial charge in [0, 0.05) is 23.1 Å². The van der Waals surface area contributed by atoms with E-state index >= 15 is 0 Å². The molecule has 9 nitrogen and oxygen atoms in total. The van der Waals surface area contributed by atoms with Gasteiger partial charge in [0.1, 0.15) is 36.1 Å². The van der Waals surface area contributed by atoms with E-state index in [1.807, 2.05) is 62.8 Å². The Hall–Kier alpha value is -5.44. The zero-order valence-electron chi connectivity index (χ0n) is 19.4. The summed E-state index contributed by atoms with van der Waals surface area (Å²) >= 11 is 0. The molecule has 7 heterocycles. The molecule has 1 aliphatic rings. The number of nitrogens with one attached hydrogen (secondary N) is 2. The summed E-state index contributed by atoms with van der Waals surface area (Å²) in [5.74, 6) is 0.878. The first-order valence-electron chi connectivity index (χ1n) is 12.0. The number of rotatable bonds is 1. The minimum Gasteiger partial charge on any atom is -0.452 e. The third-order valence-electron chi connectivity index (χ3n) is 7.23. The van der Waals surface area contributed by atoms with Crippen LogP contribution >= 0.6 is 0 Å². The van der Waals surface area contributed by atoms with Crippen molar-refractivity contribution in [2.75, 3.05) is 5.53 Å². The molecule has 0 atom stereocenters. The predicted molar refractivity (Wildman–Crippen MR) is 135 cm³/mol. The van der Waals surface area contributed by atoms with E-state index in [9.17, 15) is 0 Å². The number of fused-ring (bicyclic) bond motifs is 7. The molecule has 0 fully saturated rings. The molecule has 0 spiro atoms. The van der Waals surface area contributed by atoms with Gasteiger partial charge < -0.3 is 4.42 Å². The molecule has 0 aliphatic carbocycles. The van der Waals surface area contributed by atoms with Crippen LogP contribution in [0.5, 0.6) is 0 Å². The standard InChI is InChI=1S/C28H19N8O/c1-2-6-20-19(5-1)22-15-18(10-13-33(22)30-35-14-11-29-28(20)35)32-16-23-21-7-3-8-24-26(21)27-25(37-24)9-4-12-34(27)31-36(23)17-32/h1-17,30-31H/q+3. The topological polar surface area (TPSA) is 75.1 Å². The van der Waals surface area contributed by atoms with Gasteiger partial charge in [0.25, 0.3) is 12.2 Å². The van der Waals surface area contributed by atoms with Gasteiger partial charge in [-0.2, -0.15) is 4.57 Å². The highest BCUT2D eigenvalue weighted by Gasteiger charge is 2.27. The van der Waals surface area contributed by atoms with Gasteiger partial charge in [-0.25, -0.2) is 4.98 Å². The molecule has 9 rings (SSSR count). The quantitative estimate of drug-likeness (QED) is 0.352. The Bertz CT molecular complexity index is 2190. The molecule has 0 unspecified atom stereocenters. The van der Waals surface area contributed by atoms with Gasteiger partial charge in [-0.1, -0.05) is 33.5 Å². The van der Waals surface area contributed by atoms with Crippen LogP contribution < -0.4 is 19.3 Å². The van der Waals surface area contributed by atoms with Crippen LogP contribution in [0.4, 0.5) is 0 Å². The van der Waals surface area contributed by atoms with Crippen molar-refractivity contribution in [2.24, 2.45) is 0 Å². The third kappa shape index (κ3) is 2.47.